The third-order valence-corrected chi connectivity index (χ3v) is 6.92. The van der Waals surface area contributed by atoms with Gasteiger partial charge in [-0.1, -0.05) is 44.2 Å². The van der Waals surface area contributed by atoms with E-state index in [2.05, 4.69) is 19.2 Å². The Morgan fingerprint density at radius 3 is 2.35 bits per heavy atom. The fourth-order valence-corrected chi connectivity index (χ4v) is 5.05. The lowest BCUT2D eigenvalue weighted by molar-refractivity contribution is -0.116. The maximum atomic E-state index is 13.7. The molecule has 0 aromatic heterocycles. The summed E-state index contributed by atoms with van der Waals surface area (Å²) in [6, 6.07) is 18.3. The molecule has 2 heterocycles. The van der Waals surface area contributed by atoms with Gasteiger partial charge in [-0.05, 0) is 41.8 Å². The molecule has 3 aromatic carbocycles. The zero-order valence-electron chi connectivity index (χ0n) is 21.3. The number of hydrogen-bond acceptors (Lipinski definition) is 5. The zero-order chi connectivity index (χ0) is 26.3. The van der Waals surface area contributed by atoms with Gasteiger partial charge in [-0.2, -0.15) is 0 Å². The number of nitrogens with zero attached hydrogens (tertiary/aromatic N) is 2. The minimum atomic E-state index is -0.692. The molecule has 0 radical (unpaired) electrons. The fourth-order valence-electron chi connectivity index (χ4n) is 5.05. The van der Waals surface area contributed by atoms with Crippen LogP contribution in [0.3, 0.4) is 0 Å². The van der Waals surface area contributed by atoms with Crippen molar-refractivity contribution >= 4 is 29.1 Å². The van der Waals surface area contributed by atoms with Crippen LogP contribution in [0.4, 0.5) is 11.4 Å². The highest BCUT2D eigenvalue weighted by Crippen LogP contribution is 2.49. The number of benzene rings is 3. The quantitative estimate of drug-likeness (QED) is 0.496. The number of carbonyl (C=O) groups excluding carboxylic acids is 3. The van der Waals surface area contributed by atoms with Gasteiger partial charge in [0.2, 0.25) is 5.91 Å². The van der Waals surface area contributed by atoms with Gasteiger partial charge < -0.3 is 19.7 Å². The Morgan fingerprint density at radius 2 is 1.68 bits per heavy atom. The summed E-state index contributed by atoms with van der Waals surface area (Å²) >= 11 is 0. The van der Waals surface area contributed by atoms with Crippen molar-refractivity contribution in [2.24, 2.45) is 0 Å². The van der Waals surface area contributed by atoms with Crippen molar-refractivity contribution in [3.05, 3.63) is 82.9 Å². The number of amides is 3. The van der Waals surface area contributed by atoms with Crippen molar-refractivity contribution in [2.75, 3.05) is 31.0 Å². The lowest BCUT2D eigenvalue weighted by Crippen LogP contribution is -2.49. The first kappa shape index (κ1) is 24.4. The van der Waals surface area contributed by atoms with E-state index in [1.165, 1.54) is 19.8 Å². The summed E-state index contributed by atoms with van der Waals surface area (Å²) in [4.78, 5) is 43.4. The topological polar surface area (TPSA) is 88.2 Å². The zero-order valence-corrected chi connectivity index (χ0v) is 21.3. The highest BCUT2D eigenvalue weighted by atomic mass is 16.5. The first-order chi connectivity index (χ1) is 17.8. The minimum absolute atomic E-state index is 0.0704. The second-order valence-electron chi connectivity index (χ2n) is 9.40. The number of fused-ring (bicyclic) bond motifs is 5. The van der Waals surface area contributed by atoms with Gasteiger partial charge in [0.25, 0.3) is 11.8 Å². The van der Waals surface area contributed by atoms with E-state index in [9.17, 15) is 14.4 Å². The number of anilines is 2. The molecule has 0 aliphatic carbocycles. The Kier molecular flexibility index (Phi) is 6.33. The highest BCUT2D eigenvalue weighted by Gasteiger charge is 2.49. The van der Waals surface area contributed by atoms with Crippen LogP contribution < -0.4 is 19.7 Å². The largest absolute Gasteiger partial charge is 0.493 e. The van der Waals surface area contributed by atoms with Crippen molar-refractivity contribution in [2.45, 2.75) is 32.4 Å². The van der Waals surface area contributed by atoms with Crippen LogP contribution in [0.2, 0.25) is 0 Å². The van der Waals surface area contributed by atoms with Crippen molar-refractivity contribution < 1.29 is 23.9 Å². The second-order valence-corrected chi connectivity index (χ2v) is 9.40. The van der Waals surface area contributed by atoms with Gasteiger partial charge in [-0.25, -0.2) is 0 Å². The van der Waals surface area contributed by atoms with Crippen molar-refractivity contribution in [1.29, 1.82) is 0 Å². The molecule has 3 aromatic rings. The molecule has 1 atom stereocenters. The average Bonchev–Trinajstić information content (AvgIpc) is 3.20. The van der Waals surface area contributed by atoms with Crippen LogP contribution in [0.5, 0.6) is 11.5 Å². The molecule has 8 heteroatoms. The van der Waals surface area contributed by atoms with E-state index in [0.717, 1.165) is 0 Å². The van der Waals surface area contributed by atoms with Crippen LogP contribution in [0.15, 0.2) is 60.7 Å². The van der Waals surface area contributed by atoms with Crippen LogP contribution >= 0.6 is 0 Å². The molecule has 1 unspecified atom stereocenters. The number of methoxy groups -OCH3 is 2. The summed E-state index contributed by atoms with van der Waals surface area (Å²) in [5, 5.41) is 2.91. The number of ether oxygens (including phenoxy) is 2. The standard InChI is InChI=1S/C29H29N3O5/c1-17(2)18-9-11-19(12-10-18)30-24(33)15-16-31-27-21-13-14-23(36-3)26(37-4)25(21)29(35)32(27)22-8-6-5-7-20(22)28(31)34/h5-14,17,27H,15-16H2,1-4H3,(H,30,33). The Bertz CT molecular complexity index is 1380. The average molecular weight is 500 g/mol. The van der Waals surface area contributed by atoms with Crippen LogP contribution in [-0.4, -0.2) is 43.4 Å². The molecule has 2 aliphatic rings. The van der Waals surface area contributed by atoms with E-state index < -0.39 is 6.17 Å². The molecule has 5 rings (SSSR count). The SMILES string of the molecule is COc1ccc2c(c1OC)C(=O)N1c3ccccc3C(=O)N(CCC(=O)Nc3ccc(C(C)C)cc3)C21. The summed E-state index contributed by atoms with van der Waals surface area (Å²) in [7, 11) is 2.99. The third-order valence-electron chi connectivity index (χ3n) is 6.92. The maximum Gasteiger partial charge on any atom is 0.264 e. The normalized spacial score (nSPS) is 15.9. The van der Waals surface area contributed by atoms with Crippen LogP contribution in [0.1, 0.15) is 64.2 Å². The summed E-state index contributed by atoms with van der Waals surface area (Å²) < 4.78 is 11.0. The lowest BCUT2D eigenvalue weighted by Gasteiger charge is -2.40. The number of rotatable bonds is 7. The highest BCUT2D eigenvalue weighted by molar-refractivity contribution is 6.18. The van der Waals surface area contributed by atoms with Crippen molar-refractivity contribution in [3.8, 4) is 11.5 Å². The third kappa shape index (κ3) is 4.08. The smallest absolute Gasteiger partial charge is 0.264 e. The van der Waals surface area contributed by atoms with Gasteiger partial charge in [0.15, 0.2) is 11.5 Å². The van der Waals surface area contributed by atoms with Gasteiger partial charge in [0, 0.05) is 24.2 Å². The monoisotopic (exact) mass is 499 g/mol. The summed E-state index contributed by atoms with van der Waals surface area (Å²) in [5.41, 5.74) is 3.82. The van der Waals surface area contributed by atoms with E-state index in [0.29, 0.717) is 45.5 Å². The molecule has 3 amide bonds. The van der Waals surface area contributed by atoms with Gasteiger partial charge in [-0.3, -0.25) is 19.3 Å². The van der Waals surface area contributed by atoms with Gasteiger partial charge in [-0.15, -0.1) is 0 Å². The summed E-state index contributed by atoms with van der Waals surface area (Å²) in [5.74, 6) is 0.427. The lowest BCUT2D eigenvalue weighted by atomic mass is 10.0. The van der Waals surface area contributed by atoms with E-state index >= 15 is 0 Å². The molecular weight excluding hydrogens is 470 g/mol. The van der Waals surface area contributed by atoms with E-state index in [1.54, 1.807) is 46.2 Å². The first-order valence-corrected chi connectivity index (χ1v) is 12.2. The van der Waals surface area contributed by atoms with Gasteiger partial charge in [0.1, 0.15) is 6.17 Å². The number of hydrogen-bond donors (Lipinski definition) is 1. The van der Waals surface area contributed by atoms with E-state index in [4.69, 9.17) is 9.47 Å². The Balaban J connectivity index is 1.45. The van der Waals surface area contributed by atoms with Crippen LogP contribution in [0, 0.1) is 0 Å². The summed E-state index contributed by atoms with van der Waals surface area (Å²) in [6.45, 7) is 4.36. The Labute approximate surface area is 215 Å². The molecule has 37 heavy (non-hydrogen) atoms. The van der Waals surface area contributed by atoms with Gasteiger partial charge in [0.05, 0.1) is 31.0 Å². The van der Waals surface area contributed by atoms with Crippen LogP contribution in [0.25, 0.3) is 0 Å². The summed E-state index contributed by atoms with van der Waals surface area (Å²) in [6.07, 6.45) is -0.621. The van der Waals surface area contributed by atoms with E-state index in [1.807, 2.05) is 24.3 Å². The molecule has 2 aliphatic heterocycles. The molecule has 0 saturated heterocycles. The predicted octanol–water partition coefficient (Wildman–Crippen LogP) is 4.97. The molecular formula is C29H29N3O5. The molecule has 1 N–H and O–H groups in total. The molecule has 0 spiro atoms. The number of nitrogens with one attached hydrogen (secondary N) is 1. The maximum absolute atomic E-state index is 13.7. The minimum Gasteiger partial charge on any atom is -0.493 e. The Morgan fingerprint density at radius 1 is 0.946 bits per heavy atom. The Hall–Kier alpha value is -4.33. The second kappa shape index (κ2) is 9.61. The van der Waals surface area contributed by atoms with Crippen molar-refractivity contribution in [1.82, 2.24) is 4.90 Å². The van der Waals surface area contributed by atoms with Crippen LogP contribution in [-0.2, 0) is 4.79 Å². The molecule has 0 bridgehead atoms. The number of carbonyl (C=O) groups is 3. The number of para-hydroxylation sites is 1. The van der Waals surface area contributed by atoms with E-state index in [-0.39, 0.29) is 30.7 Å². The molecule has 190 valence electrons. The first-order valence-electron chi connectivity index (χ1n) is 12.2. The predicted molar refractivity (Wildman–Crippen MR) is 140 cm³/mol. The van der Waals surface area contributed by atoms with Gasteiger partial charge >= 0.3 is 0 Å². The fraction of sp³-hybridized carbons (Fsp3) is 0.276. The molecule has 0 fully saturated rings. The molecule has 8 nitrogen and oxygen atoms in total. The molecule has 0 saturated carbocycles. The van der Waals surface area contributed by atoms with Crippen molar-refractivity contribution in [3.63, 3.8) is 0 Å².